The number of nitrogens with two attached hydrogens (primary N) is 1. The zero-order valence-electron chi connectivity index (χ0n) is 14.6. The highest BCUT2D eigenvalue weighted by molar-refractivity contribution is 14.0. The number of guanidine groups is 1. The minimum Gasteiger partial charge on any atom is -0.370 e. The van der Waals surface area contributed by atoms with E-state index in [4.69, 9.17) is 5.73 Å². The first-order chi connectivity index (χ1) is 11.1. The number of hydrogen-bond acceptors (Lipinski definition) is 2. The molecular formula is C19H27IN4. The predicted molar refractivity (Wildman–Crippen MR) is 114 cm³/mol. The highest BCUT2D eigenvalue weighted by atomic mass is 127. The molecule has 0 radical (unpaired) electrons. The van der Waals surface area contributed by atoms with Crippen LogP contribution in [-0.2, 0) is 19.5 Å². The Hall–Kier alpha value is -1.60. The summed E-state index contributed by atoms with van der Waals surface area (Å²) in [6.07, 6.45) is 1.04. The van der Waals surface area contributed by atoms with Gasteiger partial charge in [0, 0.05) is 12.2 Å². The topological polar surface area (TPSA) is 53.6 Å². The van der Waals surface area contributed by atoms with Gasteiger partial charge in [0.05, 0.1) is 6.54 Å². The molecule has 2 rings (SSSR count). The SMILES string of the molecule is CCc1ccc(NC(N)=NCc2ccc(CN(C)C)cc2)cc1.I. The van der Waals surface area contributed by atoms with Gasteiger partial charge in [0.25, 0.3) is 0 Å². The van der Waals surface area contributed by atoms with E-state index < -0.39 is 0 Å². The molecule has 0 bridgehead atoms. The molecule has 130 valence electrons. The van der Waals surface area contributed by atoms with Crippen molar-refractivity contribution in [1.29, 1.82) is 0 Å². The van der Waals surface area contributed by atoms with Gasteiger partial charge in [-0.05, 0) is 49.3 Å². The molecule has 3 N–H and O–H groups in total. The smallest absolute Gasteiger partial charge is 0.193 e. The zero-order valence-corrected chi connectivity index (χ0v) is 17.0. The van der Waals surface area contributed by atoms with Gasteiger partial charge in [-0.2, -0.15) is 0 Å². The maximum Gasteiger partial charge on any atom is 0.193 e. The first kappa shape index (κ1) is 20.4. The van der Waals surface area contributed by atoms with Gasteiger partial charge in [0.15, 0.2) is 5.96 Å². The van der Waals surface area contributed by atoms with Crippen LogP contribution in [0.1, 0.15) is 23.6 Å². The molecule has 0 atom stereocenters. The van der Waals surface area contributed by atoms with Gasteiger partial charge in [-0.3, -0.25) is 0 Å². The number of halogens is 1. The molecule has 0 amide bonds. The van der Waals surface area contributed by atoms with E-state index in [1.807, 2.05) is 12.1 Å². The Kier molecular flexibility index (Phi) is 8.78. The number of aryl methyl sites for hydroxylation is 1. The van der Waals surface area contributed by atoms with Crippen LogP contribution >= 0.6 is 24.0 Å². The lowest BCUT2D eigenvalue weighted by molar-refractivity contribution is 0.402. The van der Waals surface area contributed by atoms with E-state index in [0.717, 1.165) is 24.2 Å². The van der Waals surface area contributed by atoms with Crippen LogP contribution in [0.5, 0.6) is 0 Å². The second-order valence-electron chi connectivity index (χ2n) is 5.93. The standard InChI is InChI=1S/C19H26N4.HI/c1-4-15-9-11-18(12-10-15)22-19(20)21-13-16-5-7-17(8-6-16)14-23(2)3;/h5-12H,4,13-14H2,1-3H3,(H3,20,21,22);1H. The zero-order chi connectivity index (χ0) is 16.7. The number of hydrogen-bond donors (Lipinski definition) is 2. The maximum atomic E-state index is 5.95. The second-order valence-corrected chi connectivity index (χ2v) is 5.93. The molecule has 0 aromatic heterocycles. The summed E-state index contributed by atoms with van der Waals surface area (Å²) >= 11 is 0. The van der Waals surface area contributed by atoms with Gasteiger partial charge < -0.3 is 16.0 Å². The molecule has 5 heteroatoms. The number of benzene rings is 2. The van der Waals surface area contributed by atoms with Crippen molar-refractivity contribution in [1.82, 2.24) is 4.90 Å². The first-order valence-electron chi connectivity index (χ1n) is 7.95. The summed E-state index contributed by atoms with van der Waals surface area (Å²) in [6.45, 7) is 3.66. The molecule has 0 heterocycles. The van der Waals surface area contributed by atoms with Crippen molar-refractivity contribution in [3.8, 4) is 0 Å². The molecule has 0 fully saturated rings. The highest BCUT2D eigenvalue weighted by Crippen LogP contribution is 2.10. The van der Waals surface area contributed by atoms with Crippen molar-refractivity contribution in [3.05, 3.63) is 65.2 Å². The fraction of sp³-hybridized carbons (Fsp3) is 0.316. The third-order valence-electron chi connectivity index (χ3n) is 3.59. The van der Waals surface area contributed by atoms with E-state index >= 15 is 0 Å². The first-order valence-corrected chi connectivity index (χ1v) is 7.95. The summed E-state index contributed by atoms with van der Waals surface area (Å²) in [5.41, 5.74) is 10.7. The molecule has 0 aliphatic heterocycles. The van der Waals surface area contributed by atoms with Gasteiger partial charge in [-0.1, -0.05) is 43.3 Å². The quantitative estimate of drug-likeness (QED) is 0.409. The molecule has 0 saturated carbocycles. The monoisotopic (exact) mass is 438 g/mol. The van der Waals surface area contributed by atoms with Crippen LogP contribution in [0.2, 0.25) is 0 Å². The molecule has 0 unspecified atom stereocenters. The molecule has 2 aromatic rings. The second kappa shape index (κ2) is 10.3. The van der Waals surface area contributed by atoms with Gasteiger partial charge in [-0.15, -0.1) is 24.0 Å². The average Bonchev–Trinajstić information content (AvgIpc) is 2.54. The van der Waals surface area contributed by atoms with E-state index in [0.29, 0.717) is 12.5 Å². The van der Waals surface area contributed by atoms with Crippen molar-refractivity contribution in [2.45, 2.75) is 26.4 Å². The molecule has 24 heavy (non-hydrogen) atoms. The Morgan fingerprint density at radius 3 is 2.04 bits per heavy atom. The molecule has 4 nitrogen and oxygen atoms in total. The Morgan fingerprint density at radius 1 is 0.958 bits per heavy atom. The van der Waals surface area contributed by atoms with Crippen LogP contribution in [0.25, 0.3) is 0 Å². The van der Waals surface area contributed by atoms with Gasteiger partial charge in [0.1, 0.15) is 0 Å². The van der Waals surface area contributed by atoms with Crippen LogP contribution in [-0.4, -0.2) is 25.0 Å². The summed E-state index contributed by atoms with van der Waals surface area (Å²) in [6, 6.07) is 16.7. The average molecular weight is 438 g/mol. The van der Waals surface area contributed by atoms with Crippen LogP contribution in [0.4, 0.5) is 5.69 Å². The number of anilines is 1. The summed E-state index contributed by atoms with van der Waals surface area (Å²) in [5, 5.41) is 3.12. The van der Waals surface area contributed by atoms with Crippen molar-refractivity contribution >= 4 is 35.6 Å². The van der Waals surface area contributed by atoms with Crippen LogP contribution in [0, 0.1) is 0 Å². The van der Waals surface area contributed by atoms with E-state index in [-0.39, 0.29) is 24.0 Å². The molecule has 0 saturated heterocycles. The van der Waals surface area contributed by atoms with Gasteiger partial charge in [0.2, 0.25) is 0 Å². The van der Waals surface area contributed by atoms with Crippen molar-refractivity contribution in [2.75, 3.05) is 19.4 Å². The number of nitrogens with zero attached hydrogens (tertiary/aromatic N) is 2. The predicted octanol–water partition coefficient (Wildman–Crippen LogP) is 3.86. The van der Waals surface area contributed by atoms with E-state index in [1.165, 1.54) is 11.1 Å². The summed E-state index contributed by atoms with van der Waals surface area (Å²) in [4.78, 5) is 6.55. The Labute approximate surface area is 162 Å². The third-order valence-corrected chi connectivity index (χ3v) is 3.59. The fourth-order valence-corrected chi connectivity index (χ4v) is 2.30. The largest absolute Gasteiger partial charge is 0.370 e. The third kappa shape index (κ3) is 6.88. The number of aliphatic imine (C=N–C) groups is 1. The molecular weight excluding hydrogens is 411 g/mol. The summed E-state index contributed by atoms with van der Waals surface area (Å²) < 4.78 is 0. The van der Waals surface area contributed by atoms with E-state index in [9.17, 15) is 0 Å². The Morgan fingerprint density at radius 2 is 1.50 bits per heavy atom. The van der Waals surface area contributed by atoms with Crippen LogP contribution in [0.15, 0.2) is 53.5 Å². The van der Waals surface area contributed by atoms with Crippen LogP contribution < -0.4 is 11.1 Å². The van der Waals surface area contributed by atoms with Crippen LogP contribution in [0.3, 0.4) is 0 Å². The lowest BCUT2D eigenvalue weighted by atomic mass is 10.1. The van der Waals surface area contributed by atoms with E-state index in [1.54, 1.807) is 0 Å². The van der Waals surface area contributed by atoms with Gasteiger partial charge >= 0.3 is 0 Å². The number of rotatable bonds is 6. The normalized spacial score (nSPS) is 11.2. The minimum atomic E-state index is 0. The summed E-state index contributed by atoms with van der Waals surface area (Å²) in [7, 11) is 4.13. The van der Waals surface area contributed by atoms with Crippen molar-refractivity contribution in [2.24, 2.45) is 10.7 Å². The lowest BCUT2D eigenvalue weighted by Gasteiger charge is -2.10. The molecule has 2 aromatic carbocycles. The number of nitrogens with one attached hydrogen (secondary N) is 1. The molecule has 0 aliphatic rings. The van der Waals surface area contributed by atoms with Gasteiger partial charge in [-0.25, -0.2) is 4.99 Å². The molecule has 0 aliphatic carbocycles. The van der Waals surface area contributed by atoms with Crippen molar-refractivity contribution < 1.29 is 0 Å². The minimum absolute atomic E-state index is 0. The molecule has 0 spiro atoms. The fourth-order valence-electron chi connectivity index (χ4n) is 2.30. The van der Waals surface area contributed by atoms with Crippen molar-refractivity contribution in [3.63, 3.8) is 0 Å². The van der Waals surface area contributed by atoms with E-state index in [2.05, 4.69) is 72.6 Å². The highest BCUT2D eigenvalue weighted by Gasteiger charge is 1.98. The Bertz CT molecular complexity index is 633. The maximum absolute atomic E-state index is 5.95. The Balaban J connectivity index is 0.00000288. The lowest BCUT2D eigenvalue weighted by Crippen LogP contribution is -2.22. The summed E-state index contributed by atoms with van der Waals surface area (Å²) in [5.74, 6) is 0.437.